The van der Waals surface area contributed by atoms with Gasteiger partial charge >= 0.3 is 7.52 Å². The molecule has 0 aromatic heterocycles. The predicted molar refractivity (Wildman–Crippen MR) is 66.2 cm³/mol. The van der Waals surface area contributed by atoms with Crippen molar-refractivity contribution in [3.63, 3.8) is 0 Å². The fraction of sp³-hybridized carbons (Fsp3) is 0.909. The van der Waals surface area contributed by atoms with Gasteiger partial charge < -0.3 is 4.52 Å². The maximum Gasteiger partial charge on any atom is 0.370 e. The molecule has 2 atom stereocenters. The SMILES string of the molecule is CCCCCC(CC)OP(=O)(C#N)N(C)C. The van der Waals surface area contributed by atoms with E-state index < -0.39 is 7.52 Å². The van der Waals surface area contributed by atoms with Crippen molar-refractivity contribution in [2.75, 3.05) is 14.1 Å². The molecule has 0 aliphatic rings. The van der Waals surface area contributed by atoms with Gasteiger partial charge in [0, 0.05) is 0 Å². The van der Waals surface area contributed by atoms with Crippen molar-refractivity contribution >= 4 is 7.52 Å². The van der Waals surface area contributed by atoms with Gasteiger partial charge in [0.2, 0.25) is 0 Å². The van der Waals surface area contributed by atoms with Gasteiger partial charge in [0.25, 0.3) is 0 Å². The lowest BCUT2D eigenvalue weighted by molar-refractivity contribution is 0.175. The molecule has 0 saturated carbocycles. The average Bonchev–Trinajstić information content (AvgIpc) is 2.27. The molecule has 0 aliphatic heterocycles. The number of nitrogens with zero attached hydrogens (tertiary/aromatic N) is 2. The number of hydrogen-bond donors (Lipinski definition) is 0. The van der Waals surface area contributed by atoms with Crippen LogP contribution in [0.3, 0.4) is 0 Å². The third kappa shape index (κ3) is 5.12. The monoisotopic (exact) mass is 246 g/mol. The van der Waals surface area contributed by atoms with E-state index >= 15 is 0 Å². The largest absolute Gasteiger partial charge is 0.370 e. The van der Waals surface area contributed by atoms with Gasteiger partial charge in [-0.15, -0.1) is 0 Å². The second-order valence-corrected chi connectivity index (χ2v) is 6.35. The first kappa shape index (κ1) is 15.6. The van der Waals surface area contributed by atoms with Crippen LogP contribution in [0.5, 0.6) is 0 Å². The molecular weight excluding hydrogens is 223 g/mol. The number of hydrogen-bond acceptors (Lipinski definition) is 3. The minimum atomic E-state index is -3.25. The Labute approximate surface area is 99.1 Å². The first-order valence-corrected chi connectivity index (χ1v) is 7.45. The lowest BCUT2D eigenvalue weighted by Gasteiger charge is -2.23. The van der Waals surface area contributed by atoms with Gasteiger partial charge in [-0.3, -0.25) is 4.57 Å². The summed E-state index contributed by atoms with van der Waals surface area (Å²) < 4.78 is 18.9. The van der Waals surface area contributed by atoms with Crippen LogP contribution in [-0.4, -0.2) is 24.9 Å². The molecule has 0 radical (unpaired) electrons. The van der Waals surface area contributed by atoms with E-state index in [0.29, 0.717) is 0 Å². The summed E-state index contributed by atoms with van der Waals surface area (Å²) >= 11 is 0. The van der Waals surface area contributed by atoms with Crippen LogP contribution in [0, 0.1) is 11.1 Å². The van der Waals surface area contributed by atoms with Gasteiger partial charge in [0.05, 0.1) is 6.10 Å². The third-order valence-corrected chi connectivity index (χ3v) is 4.42. The van der Waals surface area contributed by atoms with Crippen molar-refractivity contribution < 1.29 is 9.09 Å². The highest BCUT2D eigenvalue weighted by atomic mass is 31.2. The molecule has 0 N–H and O–H groups in total. The lowest BCUT2D eigenvalue weighted by atomic mass is 10.1. The van der Waals surface area contributed by atoms with Crippen LogP contribution in [0.2, 0.25) is 0 Å². The Kier molecular flexibility index (Phi) is 7.66. The van der Waals surface area contributed by atoms with Crippen molar-refractivity contribution in [1.82, 2.24) is 4.67 Å². The maximum absolute atomic E-state index is 12.0. The molecular formula is C11H23N2O2P. The second-order valence-electron chi connectivity index (χ2n) is 4.10. The minimum absolute atomic E-state index is 0.0700. The van der Waals surface area contributed by atoms with Crippen molar-refractivity contribution in [3.05, 3.63) is 0 Å². The lowest BCUT2D eigenvalue weighted by Crippen LogP contribution is -2.17. The Morgan fingerprint density at radius 1 is 1.38 bits per heavy atom. The van der Waals surface area contributed by atoms with Gasteiger partial charge in [-0.25, -0.2) is 4.67 Å². The molecule has 0 rings (SSSR count). The van der Waals surface area contributed by atoms with Crippen molar-refractivity contribution in [3.8, 4) is 5.81 Å². The van der Waals surface area contributed by atoms with Crippen LogP contribution >= 0.6 is 7.52 Å². The van der Waals surface area contributed by atoms with Crippen molar-refractivity contribution in [1.29, 1.82) is 5.26 Å². The molecule has 0 aromatic carbocycles. The molecule has 0 spiro atoms. The van der Waals surface area contributed by atoms with Gasteiger partial charge in [0.15, 0.2) is 5.81 Å². The van der Waals surface area contributed by atoms with E-state index in [1.807, 2.05) is 6.92 Å². The van der Waals surface area contributed by atoms with Crippen LogP contribution in [0.4, 0.5) is 0 Å². The summed E-state index contributed by atoms with van der Waals surface area (Å²) in [5.41, 5.74) is 0. The highest BCUT2D eigenvalue weighted by molar-refractivity contribution is 7.61. The average molecular weight is 246 g/mol. The van der Waals surface area contributed by atoms with E-state index in [9.17, 15) is 4.57 Å². The summed E-state index contributed by atoms with van der Waals surface area (Å²) in [7, 11) is -0.0269. The van der Waals surface area contributed by atoms with Crippen LogP contribution < -0.4 is 0 Å². The molecule has 0 heterocycles. The van der Waals surface area contributed by atoms with E-state index in [0.717, 1.165) is 32.1 Å². The summed E-state index contributed by atoms with van der Waals surface area (Å²) in [6.45, 7) is 4.13. The smallest absolute Gasteiger partial charge is 0.304 e. The highest BCUT2D eigenvalue weighted by Crippen LogP contribution is 2.49. The normalized spacial score (nSPS) is 16.8. The van der Waals surface area contributed by atoms with Gasteiger partial charge in [-0.2, -0.15) is 5.26 Å². The van der Waals surface area contributed by atoms with Crippen LogP contribution in [0.15, 0.2) is 0 Å². The number of nitriles is 1. The summed E-state index contributed by atoms with van der Waals surface area (Å²) in [6, 6.07) is 0. The van der Waals surface area contributed by atoms with Gasteiger partial charge in [0.1, 0.15) is 0 Å². The van der Waals surface area contributed by atoms with E-state index in [4.69, 9.17) is 9.79 Å². The first-order valence-electron chi connectivity index (χ1n) is 5.87. The molecule has 5 heteroatoms. The third-order valence-electron chi connectivity index (χ3n) is 2.53. The van der Waals surface area contributed by atoms with Gasteiger partial charge in [-0.05, 0) is 26.9 Å². The zero-order chi connectivity index (χ0) is 12.6. The minimum Gasteiger partial charge on any atom is -0.304 e. The zero-order valence-corrected chi connectivity index (χ0v) is 11.7. The topological polar surface area (TPSA) is 53.3 Å². The molecule has 4 nitrogen and oxygen atoms in total. The molecule has 0 bridgehead atoms. The Hall–Kier alpha value is -0.360. The quantitative estimate of drug-likeness (QED) is 0.485. The molecule has 2 unspecified atom stereocenters. The van der Waals surface area contributed by atoms with Crippen LogP contribution in [-0.2, 0) is 9.09 Å². The first-order chi connectivity index (χ1) is 7.50. The van der Waals surface area contributed by atoms with Crippen molar-refractivity contribution in [2.45, 2.75) is 52.1 Å². The summed E-state index contributed by atoms with van der Waals surface area (Å²) in [6.07, 6.45) is 4.97. The fourth-order valence-electron chi connectivity index (χ4n) is 1.36. The molecule has 0 saturated heterocycles. The molecule has 0 aromatic rings. The van der Waals surface area contributed by atoms with Crippen molar-refractivity contribution in [2.24, 2.45) is 0 Å². The molecule has 0 amide bonds. The zero-order valence-electron chi connectivity index (χ0n) is 10.8. The Morgan fingerprint density at radius 3 is 2.38 bits per heavy atom. The van der Waals surface area contributed by atoms with E-state index in [1.165, 1.54) is 4.67 Å². The van der Waals surface area contributed by atoms with E-state index in [-0.39, 0.29) is 6.10 Å². The molecule has 94 valence electrons. The van der Waals surface area contributed by atoms with Gasteiger partial charge in [-0.1, -0.05) is 33.1 Å². The standard InChI is InChI=1S/C11H23N2O2P/c1-5-7-8-9-11(6-2)15-16(14,10-12)13(3)4/h11H,5-9H2,1-4H3. The summed E-state index contributed by atoms with van der Waals surface area (Å²) in [5.74, 6) is 1.79. The number of rotatable bonds is 8. The van der Waals surface area contributed by atoms with Crippen LogP contribution in [0.1, 0.15) is 46.0 Å². The second kappa shape index (κ2) is 7.84. The Bertz CT molecular complexity index is 274. The maximum atomic E-state index is 12.0. The molecule has 0 aliphatic carbocycles. The fourth-order valence-corrected chi connectivity index (χ4v) is 2.44. The highest BCUT2D eigenvalue weighted by Gasteiger charge is 2.29. The predicted octanol–water partition coefficient (Wildman–Crippen LogP) is 3.60. The Morgan fingerprint density at radius 2 is 2.00 bits per heavy atom. The Balaban J connectivity index is 4.30. The summed E-state index contributed by atoms with van der Waals surface area (Å²) in [5, 5.41) is 8.89. The van der Waals surface area contributed by atoms with Crippen LogP contribution in [0.25, 0.3) is 0 Å². The molecule has 16 heavy (non-hydrogen) atoms. The van der Waals surface area contributed by atoms with E-state index in [2.05, 4.69) is 6.92 Å². The summed E-state index contributed by atoms with van der Waals surface area (Å²) in [4.78, 5) is 0. The number of unbranched alkanes of at least 4 members (excludes halogenated alkanes) is 2. The van der Waals surface area contributed by atoms with E-state index in [1.54, 1.807) is 19.9 Å². The molecule has 0 fully saturated rings.